The average Bonchev–Trinajstić information content (AvgIpc) is 3.17. The van der Waals surface area contributed by atoms with Gasteiger partial charge in [0.05, 0.1) is 4.92 Å². The van der Waals surface area contributed by atoms with Gasteiger partial charge in [-0.2, -0.15) is 0 Å². The first-order valence-electron chi connectivity index (χ1n) is 6.32. The molecule has 0 aliphatic heterocycles. The van der Waals surface area contributed by atoms with E-state index in [1.807, 2.05) is 35.0 Å². The van der Waals surface area contributed by atoms with Crippen LogP contribution in [0.4, 0.5) is 10.7 Å². The summed E-state index contributed by atoms with van der Waals surface area (Å²) in [6.45, 7) is 0.576. The lowest BCUT2D eigenvalue weighted by molar-refractivity contribution is -0.380. The highest BCUT2D eigenvalue weighted by molar-refractivity contribution is 7.13. The Balaban J connectivity index is 1.77. The Bertz CT molecular complexity index is 751. The van der Waals surface area contributed by atoms with Crippen molar-refractivity contribution in [1.29, 1.82) is 0 Å². The molecule has 0 bridgehead atoms. The van der Waals surface area contributed by atoms with Crippen molar-refractivity contribution in [2.45, 2.75) is 6.54 Å². The average molecular weight is 316 g/mol. The van der Waals surface area contributed by atoms with E-state index in [0.29, 0.717) is 6.54 Å². The van der Waals surface area contributed by atoms with Gasteiger partial charge in [0.2, 0.25) is 0 Å². The summed E-state index contributed by atoms with van der Waals surface area (Å²) < 4.78 is 0. The number of nitrogens with one attached hydrogen (secondary N) is 1. The van der Waals surface area contributed by atoms with Crippen LogP contribution in [0.2, 0.25) is 0 Å². The summed E-state index contributed by atoms with van der Waals surface area (Å²) in [6, 6.07) is 13.8. The minimum absolute atomic E-state index is 0.179. The molecule has 0 spiro atoms. The lowest BCUT2D eigenvalue weighted by Gasteiger charge is -2.10. The molecule has 106 valence electrons. The van der Waals surface area contributed by atoms with Crippen LogP contribution in [-0.4, -0.2) is 4.92 Å². The summed E-state index contributed by atoms with van der Waals surface area (Å²) in [6.07, 6.45) is 0. The Morgan fingerprint density at radius 1 is 1.14 bits per heavy atom. The highest BCUT2D eigenvalue weighted by atomic mass is 32.1. The van der Waals surface area contributed by atoms with Crippen LogP contribution < -0.4 is 5.32 Å². The molecule has 0 atom stereocenters. The second-order valence-corrected chi connectivity index (χ2v) is 6.26. The van der Waals surface area contributed by atoms with Crippen molar-refractivity contribution in [3.05, 3.63) is 68.9 Å². The van der Waals surface area contributed by atoms with Crippen LogP contribution in [0.15, 0.2) is 53.2 Å². The van der Waals surface area contributed by atoms with Crippen LogP contribution >= 0.6 is 22.7 Å². The first-order valence-corrected chi connectivity index (χ1v) is 8.08. The van der Waals surface area contributed by atoms with E-state index in [1.165, 1.54) is 4.88 Å². The zero-order valence-electron chi connectivity index (χ0n) is 11.0. The summed E-state index contributed by atoms with van der Waals surface area (Å²) in [4.78, 5) is 11.5. The minimum atomic E-state index is -0.353. The fourth-order valence-electron chi connectivity index (χ4n) is 2.03. The molecule has 1 aromatic carbocycles. The van der Waals surface area contributed by atoms with E-state index >= 15 is 0 Å². The molecule has 3 aromatic rings. The highest BCUT2D eigenvalue weighted by Crippen LogP contribution is 2.32. The number of anilines is 1. The van der Waals surface area contributed by atoms with Crippen LogP contribution in [0, 0.1) is 10.1 Å². The van der Waals surface area contributed by atoms with Gasteiger partial charge in [-0.15, -0.1) is 11.3 Å². The third-order valence-electron chi connectivity index (χ3n) is 3.02. The zero-order chi connectivity index (χ0) is 14.7. The van der Waals surface area contributed by atoms with Crippen LogP contribution in [0.1, 0.15) is 5.56 Å². The number of para-hydroxylation sites is 1. The van der Waals surface area contributed by atoms with Gasteiger partial charge in [-0.25, -0.2) is 0 Å². The van der Waals surface area contributed by atoms with Gasteiger partial charge in [0.15, 0.2) is 0 Å². The van der Waals surface area contributed by atoms with Gasteiger partial charge in [-0.05, 0) is 23.1 Å². The highest BCUT2D eigenvalue weighted by Gasteiger charge is 2.10. The topological polar surface area (TPSA) is 55.2 Å². The van der Waals surface area contributed by atoms with Crippen LogP contribution in [0.25, 0.3) is 10.4 Å². The van der Waals surface area contributed by atoms with E-state index in [0.717, 1.165) is 28.2 Å². The van der Waals surface area contributed by atoms with E-state index in [-0.39, 0.29) is 9.92 Å². The maximum Gasteiger partial charge on any atom is 0.324 e. The van der Waals surface area contributed by atoms with Crippen molar-refractivity contribution in [3.8, 4) is 10.4 Å². The predicted octanol–water partition coefficient (Wildman–Crippen LogP) is 5.00. The van der Waals surface area contributed by atoms with Gasteiger partial charge in [0.1, 0.15) is 0 Å². The molecule has 2 aromatic heterocycles. The lowest BCUT2D eigenvalue weighted by atomic mass is 10.1. The van der Waals surface area contributed by atoms with E-state index < -0.39 is 0 Å². The second kappa shape index (κ2) is 6.07. The van der Waals surface area contributed by atoms with Crippen molar-refractivity contribution in [2.75, 3.05) is 5.32 Å². The van der Waals surface area contributed by atoms with Crippen molar-refractivity contribution >= 4 is 33.4 Å². The number of rotatable bonds is 5. The zero-order valence-corrected chi connectivity index (χ0v) is 12.6. The van der Waals surface area contributed by atoms with Crippen molar-refractivity contribution in [2.24, 2.45) is 0 Å². The molecule has 0 saturated carbocycles. The predicted molar refractivity (Wildman–Crippen MR) is 88.1 cm³/mol. The van der Waals surface area contributed by atoms with E-state index in [4.69, 9.17) is 0 Å². The molecule has 3 rings (SSSR count). The number of nitro groups is 1. The molecule has 0 aliphatic rings. The van der Waals surface area contributed by atoms with Crippen LogP contribution in [0.5, 0.6) is 0 Å². The Hall–Kier alpha value is -2.18. The fourth-order valence-corrected chi connectivity index (χ4v) is 3.53. The third kappa shape index (κ3) is 3.12. The normalized spacial score (nSPS) is 10.5. The van der Waals surface area contributed by atoms with Gasteiger partial charge in [0, 0.05) is 34.1 Å². The van der Waals surface area contributed by atoms with Crippen molar-refractivity contribution in [1.82, 2.24) is 0 Å². The monoisotopic (exact) mass is 316 g/mol. The Morgan fingerprint density at radius 2 is 2.00 bits per heavy atom. The fraction of sp³-hybridized carbons (Fsp3) is 0.0667. The maximum atomic E-state index is 10.7. The molecule has 2 heterocycles. The Labute approximate surface area is 129 Å². The van der Waals surface area contributed by atoms with Gasteiger partial charge < -0.3 is 5.32 Å². The molecule has 6 heteroatoms. The first kappa shape index (κ1) is 13.8. The van der Waals surface area contributed by atoms with Gasteiger partial charge in [-0.3, -0.25) is 10.1 Å². The van der Waals surface area contributed by atoms with E-state index in [1.54, 1.807) is 17.4 Å². The number of thiophene rings is 2. The van der Waals surface area contributed by atoms with Crippen LogP contribution in [0.3, 0.4) is 0 Å². The van der Waals surface area contributed by atoms with Gasteiger partial charge in [-0.1, -0.05) is 35.6 Å². The number of hydrogen-bond donors (Lipinski definition) is 1. The Kier molecular flexibility index (Phi) is 3.98. The molecular formula is C15H12N2O2S2. The van der Waals surface area contributed by atoms with Crippen molar-refractivity contribution in [3.63, 3.8) is 0 Å². The summed E-state index contributed by atoms with van der Waals surface area (Å²) in [7, 11) is 0. The largest absolute Gasteiger partial charge is 0.380 e. The molecule has 0 fully saturated rings. The molecule has 0 amide bonds. The van der Waals surface area contributed by atoms with Gasteiger partial charge in [0.25, 0.3) is 0 Å². The number of hydrogen-bond acceptors (Lipinski definition) is 5. The van der Waals surface area contributed by atoms with E-state index in [2.05, 4.69) is 17.4 Å². The third-order valence-corrected chi connectivity index (χ3v) is 4.85. The van der Waals surface area contributed by atoms with Gasteiger partial charge >= 0.3 is 5.00 Å². The maximum absolute atomic E-state index is 10.7. The molecular weight excluding hydrogens is 304 g/mol. The summed E-state index contributed by atoms with van der Waals surface area (Å²) in [5.74, 6) is 0. The molecule has 0 radical (unpaired) electrons. The lowest BCUT2D eigenvalue weighted by Crippen LogP contribution is -1.99. The molecule has 0 unspecified atom stereocenters. The van der Waals surface area contributed by atoms with Crippen LogP contribution in [-0.2, 0) is 6.54 Å². The quantitative estimate of drug-likeness (QED) is 0.532. The minimum Gasteiger partial charge on any atom is -0.380 e. The summed E-state index contributed by atoms with van der Waals surface area (Å²) in [5.41, 5.74) is 3.11. The number of benzene rings is 1. The molecule has 21 heavy (non-hydrogen) atoms. The molecule has 0 saturated heterocycles. The number of nitrogens with zero attached hydrogens (tertiary/aromatic N) is 1. The molecule has 1 N–H and O–H groups in total. The summed E-state index contributed by atoms with van der Waals surface area (Å²) >= 11 is 2.85. The standard InChI is InChI=1S/C15H12N2O2S2/c18-17(19)15-8-11(10-21-15)9-16-13-5-2-1-4-12(13)14-6-3-7-20-14/h1-8,10,16H,9H2. The summed E-state index contributed by atoms with van der Waals surface area (Å²) in [5, 5.41) is 18.1. The molecule has 0 aliphatic carbocycles. The first-order chi connectivity index (χ1) is 10.2. The smallest absolute Gasteiger partial charge is 0.324 e. The van der Waals surface area contributed by atoms with Crippen molar-refractivity contribution < 1.29 is 4.92 Å². The molecule has 4 nitrogen and oxygen atoms in total. The Morgan fingerprint density at radius 3 is 2.71 bits per heavy atom. The second-order valence-electron chi connectivity index (χ2n) is 4.43. The van der Waals surface area contributed by atoms with E-state index in [9.17, 15) is 10.1 Å². The SMILES string of the molecule is O=[N+]([O-])c1cc(CNc2ccccc2-c2cccs2)cs1.